The molecule has 0 radical (unpaired) electrons. The maximum Gasteiger partial charge on any atom is 0.203 e. The van der Waals surface area contributed by atoms with E-state index in [9.17, 15) is 0 Å². The molecule has 0 saturated carbocycles. The summed E-state index contributed by atoms with van der Waals surface area (Å²) in [6.07, 6.45) is 0. The summed E-state index contributed by atoms with van der Waals surface area (Å²) in [6, 6.07) is 10.0. The fourth-order valence-electron chi connectivity index (χ4n) is 2.47. The van der Waals surface area contributed by atoms with E-state index >= 15 is 0 Å². The summed E-state index contributed by atoms with van der Waals surface area (Å²) in [5.74, 6) is 1.91. The molecule has 2 N–H and O–H groups in total. The zero-order chi connectivity index (χ0) is 15.4. The van der Waals surface area contributed by atoms with E-state index in [2.05, 4.69) is 19.1 Å². The van der Waals surface area contributed by atoms with Crippen LogP contribution >= 0.6 is 0 Å². The second-order valence-corrected chi connectivity index (χ2v) is 4.74. The van der Waals surface area contributed by atoms with Crippen LogP contribution in [0, 0.1) is 6.92 Å². The lowest BCUT2D eigenvalue weighted by Crippen LogP contribution is -1.99. The van der Waals surface area contributed by atoms with Crippen LogP contribution in [0.3, 0.4) is 0 Å². The summed E-state index contributed by atoms with van der Waals surface area (Å²) in [5.41, 5.74) is 9.99. The van der Waals surface area contributed by atoms with Crippen molar-refractivity contribution in [1.82, 2.24) is 0 Å². The molecule has 0 atom stereocenters. The van der Waals surface area contributed by atoms with Crippen LogP contribution in [-0.4, -0.2) is 21.3 Å². The van der Waals surface area contributed by atoms with Gasteiger partial charge in [0.2, 0.25) is 5.75 Å². The van der Waals surface area contributed by atoms with Crippen LogP contribution in [-0.2, 0) is 6.54 Å². The Kier molecular flexibility index (Phi) is 4.70. The van der Waals surface area contributed by atoms with Gasteiger partial charge in [-0.1, -0.05) is 18.2 Å². The Hall–Kier alpha value is -2.20. The minimum Gasteiger partial charge on any atom is -0.493 e. The Bertz CT molecular complexity index is 638. The van der Waals surface area contributed by atoms with Crippen LogP contribution in [0.5, 0.6) is 17.2 Å². The van der Waals surface area contributed by atoms with Crippen molar-refractivity contribution in [1.29, 1.82) is 0 Å². The zero-order valence-electron chi connectivity index (χ0n) is 12.9. The molecule has 0 aliphatic heterocycles. The molecule has 2 aromatic carbocycles. The molecule has 0 unspecified atom stereocenters. The molecule has 0 saturated heterocycles. The number of benzene rings is 2. The lowest BCUT2D eigenvalue weighted by Gasteiger charge is -2.17. The van der Waals surface area contributed by atoms with E-state index in [1.54, 1.807) is 21.3 Å². The van der Waals surface area contributed by atoms with E-state index in [0.717, 1.165) is 22.3 Å². The monoisotopic (exact) mass is 287 g/mol. The third-order valence-electron chi connectivity index (χ3n) is 3.52. The number of hydrogen-bond acceptors (Lipinski definition) is 4. The molecule has 0 heterocycles. The van der Waals surface area contributed by atoms with E-state index < -0.39 is 0 Å². The van der Waals surface area contributed by atoms with Gasteiger partial charge in [-0.05, 0) is 35.7 Å². The first-order valence-electron chi connectivity index (χ1n) is 6.75. The minimum atomic E-state index is 0.532. The van der Waals surface area contributed by atoms with Crippen molar-refractivity contribution >= 4 is 0 Å². The van der Waals surface area contributed by atoms with Crippen molar-refractivity contribution in [3.63, 3.8) is 0 Å². The highest BCUT2D eigenvalue weighted by molar-refractivity contribution is 5.78. The van der Waals surface area contributed by atoms with Crippen molar-refractivity contribution in [3.8, 4) is 28.4 Å². The quantitative estimate of drug-likeness (QED) is 0.918. The van der Waals surface area contributed by atoms with Gasteiger partial charge in [-0.2, -0.15) is 0 Å². The maximum absolute atomic E-state index is 5.69. The maximum atomic E-state index is 5.69. The van der Waals surface area contributed by atoms with Crippen LogP contribution in [0.15, 0.2) is 30.3 Å². The van der Waals surface area contributed by atoms with Gasteiger partial charge in [-0.15, -0.1) is 0 Å². The Morgan fingerprint density at radius 1 is 0.857 bits per heavy atom. The lowest BCUT2D eigenvalue weighted by molar-refractivity contribution is 0.325. The van der Waals surface area contributed by atoms with Crippen LogP contribution in [0.1, 0.15) is 11.1 Å². The Morgan fingerprint density at radius 3 is 2.05 bits per heavy atom. The van der Waals surface area contributed by atoms with Crippen LogP contribution in [0.2, 0.25) is 0 Å². The second-order valence-electron chi connectivity index (χ2n) is 4.74. The first kappa shape index (κ1) is 15.2. The number of aryl methyl sites for hydroxylation is 1. The summed E-state index contributed by atoms with van der Waals surface area (Å²) in [4.78, 5) is 0. The number of hydrogen-bond donors (Lipinski definition) is 1. The molecule has 4 nitrogen and oxygen atoms in total. The molecule has 0 bridgehead atoms. The molecule has 0 fully saturated rings. The molecule has 0 aromatic heterocycles. The van der Waals surface area contributed by atoms with Crippen molar-refractivity contribution in [2.45, 2.75) is 13.5 Å². The Morgan fingerprint density at radius 2 is 1.52 bits per heavy atom. The Labute approximate surface area is 125 Å². The van der Waals surface area contributed by atoms with Gasteiger partial charge in [0.25, 0.3) is 0 Å². The average molecular weight is 287 g/mol. The molecule has 0 spiro atoms. The van der Waals surface area contributed by atoms with Crippen molar-refractivity contribution in [2.24, 2.45) is 5.73 Å². The molecule has 21 heavy (non-hydrogen) atoms. The van der Waals surface area contributed by atoms with E-state index in [-0.39, 0.29) is 0 Å². The molecule has 0 aliphatic rings. The third kappa shape index (κ3) is 2.81. The highest BCUT2D eigenvalue weighted by Gasteiger charge is 2.18. The Balaban J connectivity index is 2.63. The number of methoxy groups -OCH3 is 3. The molecular weight excluding hydrogens is 266 g/mol. The molecular formula is C17H21NO3. The minimum absolute atomic E-state index is 0.532. The lowest BCUT2D eigenvalue weighted by atomic mass is 9.97. The van der Waals surface area contributed by atoms with Gasteiger partial charge in [0.15, 0.2) is 11.5 Å². The molecule has 0 amide bonds. The SMILES string of the molecule is COc1ccc(-c2ccc(CN)cc2C)c(OC)c1OC. The third-order valence-corrected chi connectivity index (χ3v) is 3.52. The highest BCUT2D eigenvalue weighted by Crippen LogP contribution is 2.44. The first-order chi connectivity index (χ1) is 10.2. The van der Waals surface area contributed by atoms with Crippen molar-refractivity contribution < 1.29 is 14.2 Å². The summed E-state index contributed by atoms with van der Waals surface area (Å²) in [6.45, 7) is 2.59. The number of rotatable bonds is 5. The molecule has 2 rings (SSSR count). The number of ether oxygens (including phenoxy) is 3. The molecule has 2 aromatic rings. The predicted molar refractivity (Wildman–Crippen MR) is 84.2 cm³/mol. The van der Waals surface area contributed by atoms with Gasteiger partial charge in [-0.3, -0.25) is 0 Å². The smallest absolute Gasteiger partial charge is 0.203 e. The van der Waals surface area contributed by atoms with E-state index in [4.69, 9.17) is 19.9 Å². The molecule has 112 valence electrons. The van der Waals surface area contributed by atoms with Gasteiger partial charge in [0.05, 0.1) is 21.3 Å². The van der Waals surface area contributed by atoms with E-state index in [1.807, 2.05) is 18.2 Å². The van der Waals surface area contributed by atoms with Gasteiger partial charge in [0.1, 0.15) is 0 Å². The predicted octanol–water partition coefficient (Wildman–Crippen LogP) is 3.15. The topological polar surface area (TPSA) is 53.7 Å². The normalized spacial score (nSPS) is 10.3. The first-order valence-corrected chi connectivity index (χ1v) is 6.75. The van der Waals surface area contributed by atoms with Crippen molar-refractivity contribution in [2.75, 3.05) is 21.3 Å². The van der Waals surface area contributed by atoms with Gasteiger partial charge in [0, 0.05) is 12.1 Å². The van der Waals surface area contributed by atoms with Crippen LogP contribution in [0.25, 0.3) is 11.1 Å². The van der Waals surface area contributed by atoms with E-state index in [0.29, 0.717) is 23.8 Å². The molecule has 4 heteroatoms. The molecule has 0 aliphatic carbocycles. The van der Waals surface area contributed by atoms with Gasteiger partial charge in [-0.25, -0.2) is 0 Å². The standard InChI is InChI=1S/C17H21NO3/c1-11-9-12(10-18)5-6-13(11)14-7-8-15(19-2)17(21-4)16(14)20-3/h5-9H,10,18H2,1-4H3. The fraction of sp³-hybridized carbons (Fsp3) is 0.294. The van der Waals surface area contributed by atoms with E-state index in [1.165, 1.54) is 0 Å². The average Bonchev–Trinajstić information content (AvgIpc) is 2.53. The van der Waals surface area contributed by atoms with Crippen molar-refractivity contribution in [3.05, 3.63) is 41.5 Å². The summed E-state index contributed by atoms with van der Waals surface area (Å²) < 4.78 is 16.3. The second kappa shape index (κ2) is 6.50. The van der Waals surface area contributed by atoms with Gasteiger partial charge < -0.3 is 19.9 Å². The van der Waals surface area contributed by atoms with Crippen LogP contribution in [0.4, 0.5) is 0 Å². The zero-order valence-corrected chi connectivity index (χ0v) is 12.9. The van der Waals surface area contributed by atoms with Gasteiger partial charge >= 0.3 is 0 Å². The summed E-state index contributed by atoms with van der Waals surface area (Å²) in [7, 11) is 4.84. The fourth-order valence-corrected chi connectivity index (χ4v) is 2.47. The van der Waals surface area contributed by atoms with Crippen LogP contribution < -0.4 is 19.9 Å². The number of nitrogens with two attached hydrogens (primary N) is 1. The summed E-state index contributed by atoms with van der Waals surface area (Å²) >= 11 is 0. The highest BCUT2D eigenvalue weighted by atomic mass is 16.5. The largest absolute Gasteiger partial charge is 0.493 e. The summed E-state index contributed by atoms with van der Waals surface area (Å²) in [5, 5.41) is 0.